The Labute approximate surface area is 211 Å². The zero-order chi connectivity index (χ0) is 27.1. The molecule has 2 aromatic carbocycles. The number of nitrogens with one attached hydrogen (secondary N) is 2. The average molecular weight is 542 g/mol. The first-order valence-electron chi connectivity index (χ1n) is 10.7. The Morgan fingerprint density at radius 1 is 1.32 bits per heavy atom. The summed E-state index contributed by atoms with van der Waals surface area (Å²) in [6, 6.07) is 6.52. The third kappa shape index (κ3) is 4.86. The third-order valence-corrected chi connectivity index (χ3v) is 6.56. The van der Waals surface area contributed by atoms with Gasteiger partial charge in [0, 0.05) is 25.8 Å². The molecule has 0 fully saturated rings. The van der Waals surface area contributed by atoms with Crippen LogP contribution in [0.2, 0.25) is 0 Å². The fraction of sp³-hybridized carbons (Fsp3) is 0.318. The van der Waals surface area contributed by atoms with Crippen LogP contribution in [-0.2, 0) is 9.53 Å². The minimum Gasteiger partial charge on any atom is -0.496 e. The molecule has 1 amide bonds. The lowest BCUT2D eigenvalue weighted by molar-refractivity contribution is -0.274. The Morgan fingerprint density at radius 3 is 2.65 bits per heavy atom. The second-order valence-corrected chi connectivity index (χ2v) is 8.91. The number of methoxy groups -OCH3 is 1. The van der Waals surface area contributed by atoms with E-state index in [0.29, 0.717) is 21.6 Å². The number of carbonyl (C=O) groups is 2. The van der Waals surface area contributed by atoms with Crippen LogP contribution in [0.1, 0.15) is 17.3 Å². The van der Waals surface area contributed by atoms with Crippen LogP contribution >= 0.6 is 11.3 Å². The van der Waals surface area contributed by atoms with Crippen molar-refractivity contribution in [2.24, 2.45) is 5.73 Å². The molecule has 1 aromatic heterocycles. The predicted octanol–water partition coefficient (Wildman–Crippen LogP) is 3.42. The Balaban J connectivity index is 1.79. The first-order valence-corrected chi connectivity index (χ1v) is 11.5. The highest BCUT2D eigenvalue weighted by Gasteiger charge is 2.52. The summed E-state index contributed by atoms with van der Waals surface area (Å²) in [6.07, 6.45) is -6.18. The number of halogens is 3. The van der Waals surface area contributed by atoms with Gasteiger partial charge in [0.15, 0.2) is 11.2 Å². The standard InChI is InChI=1S/C22H22F3N5O6S/c1-4-35-17(18(26)31)21(28-13-8-11(19(32)33)15(34-3)9-14(13)30(21)2)29-20-27-12-6-5-10(7-16(12)37-20)36-22(23,24)25/h5-9,17,28H,4H2,1-3H3,(H2,26,31)(H,27,29)(H,32,33). The van der Waals surface area contributed by atoms with Crippen molar-refractivity contribution in [3.8, 4) is 11.5 Å². The van der Waals surface area contributed by atoms with Gasteiger partial charge in [0.2, 0.25) is 5.79 Å². The van der Waals surface area contributed by atoms with Crippen molar-refractivity contribution >= 4 is 49.9 Å². The molecule has 1 aliphatic heterocycles. The molecule has 3 aromatic rings. The van der Waals surface area contributed by atoms with E-state index in [9.17, 15) is 27.9 Å². The first kappa shape index (κ1) is 26.1. The quantitative estimate of drug-likeness (QED) is 0.318. The van der Waals surface area contributed by atoms with Gasteiger partial charge >= 0.3 is 12.3 Å². The number of carbonyl (C=O) groups excluding carboxylic acids is 1. The molecule has 4 rings (SSSR count). The summed E-state index contributed by atoms with van der Waals surface area (Å²) < 4.78 is 53.2. The molecule has 0 aliphatic carbocycles. The molecule has 11 nitrogen and oxygen atoms in total. The molecule has 198 valence electrons. The number of anilines is 3. The second kappa shape index (κ2) is 9.48. The van der Waals surface area contributed by atoms with Crippen molar-refractivity contribution in [3.63, 3.8) is 0 Å². The van der Waals surface area contributed by atoms with Gasteiger partial charge in [-0.1, -0.05) is 11.3 Å². The number of hydrogen-bond donors (Lipinski definition) is 4. The summed E-state index contributed by atoms with van der Waals surface area (Å²) in [4.78, 5) is 30.3. The molecule has 0 saturated heterocycles. The highest BCUT2D eigenvalue weighted by atomic mass is 32.1. The van der Waals surface area contributed by atoms with Crippen LogP contribution in [0.4, 0.5) is 29.7 Å². The van der Waals surface area contributed by atoms with Gasteiger partial charge in [-0.2, -0.15) is 0 Å². The Hall–Kier alpha value is -3.98. The summed E-state index contributed by atoms with van der Waals surface area (Å²) >= 11 is 1.00. The fourth-order valence-electron chi connectivity index (χ4n) is 4.08. The van der Waals surface area contributed by atoms with Crippen molar-refractivity contribution < 1.29 is 42.1 Å². The van der Waals surface area contributed by atoms with Gasteiger partial charge < -0.3 is 40.6 Å². The Morgan fingerprint density at radius 2 is 2.05 bits per heavy atom. The predicted molar refractivity (Wildman–Crippen MR) is 129 cm³/mol. The van der Waals surface area contributed by atoms with Gasteiger partial charge in [0.1, 0.15) is 17.1 Å². The van der Waals surface area contributed by atoms with Crippen molar-refractivity contribution in [2.45, 2.75) is 25.2 Å². The van der Waals surface area contributed by atoms with Crippen molar-refractivity contribution in [3.05, 3.63) is 35.9 Å². The number of benzene rings is 2. The largest absolute Gasteiger partial charge is 0.573 e. The van der Waals surface area contributed by atoms with E-state index in [4.69, 9.17) is 15.2 Å². The molecule has 0 spiro atoms. The highest BCUT2D eigenvalue weighted by Crippen LogP contribution is 2.45. The number of carboxylic acids is 1. The monoisotopic (exact) mass is 541 g/mol. The minimum absolute atomic E-state index is 0.0833. The number of rotatable bonds is 9. The number of amides is 1. The van der Waals surface area contributed by atoms with Crippen LogP contribution in [0.15, 0.2) is 30.3 Å². The van der Waals surface area contributed by atoms with E-state index in [1.807, 2.05) is 0 Å². The molecule has 2 heterocycles. The van der Waals surface area contributed by atoms with E-state index >= 15 is 0 Å². The lowest BCUT2D eigenvalue weighted by Crippen LogP contribution is -2.67. The van der Waals surface area contributed by atoms with Gasteiger partial charge in [0.05, 0.1) is 28.7 Å². The van der Waals surface area contributed by atoms with Crippen LogP contribution in [0.5, 0.6) is 11.5 Å². The topological polar surface area (TPSA) is 148 Å². The molecule has 0 saturated carbocycles. The molecular formula is C22H22F3N5O6S. The number of alkyl halides is 3. The molecule has 1 aliphatic rings. The number of fused-ring (bicyclic) bond motifs is 2. The number of hydrogen-bond acceptors (Lipinski definition) is 10. The number of nitrogens with two attached hydrogens (primary N) is 1. The molecule has 37 heavy (non-hydrogen) atoms. The number of aromatic nitrogens is 1. The SMILES string of the molecule is CCOC(C(N)=O)C1(Nc2nc3ccc(OC(F)(F)F)cc3s2)Nc2cc(C(=O)O)c(OC)cc2N1C. The molecular weight excluding hydrogens is 519 g/mol. The van der Waals surface area contributed by atoms with Gasteiger partial charge in [0.25, 0.3) is 5.91 Å². The smallest absolute Gasteiger partial charge is 0.496 e. The van der Waals surface area contributed by atoms with E-state index < -0.39 is 35.9 Å². The third-order valence-electron chi connectivity index (χ3n) is 5.63. The normalized spacial score (nSPS) is 17.7. The van der Waals surface area contributed by atoms with E-state index in [-0.39, 0.29) is 23.1 Å². The van der Waals surface area contributed by atoms with Crippen LogP contribution in [0.25, 0.3) is 10.2 Å². The molecule has 15 heteroatoms. The number of nitrogens with zero attached hydrogens (tertiary/aromatic N) is 2. The summed E-state index contributed by atoms with van der Waals surface area (Å²) in [5.41, 5.74) is 6.74. The highest BCUT2D eigenvalue weighted by molar-refractivity contribution is 7.22. The van der Waals surface area contributed by atoms with E-state index in [1.165, 1.54) is 31.4 Å². The Bertz CT molecular complexity index is 1370. The zero-order valence-electron chi connectivity index (χ0n) is 19.7. The number of thiazole rings is 1. The summed E-state index contributed by atoms with van der Waals surface area (Å²) in [5, 5.41) is 16.0. The molecule has 0 bridgehead atoms. The fourth-order valence-corrected chi connectivity index (χ4v) is 5.03. The summed E-state index contributed by atoms with van der Waals surface area (Å²) in [5.74, 6) is -3.99. The summed E-state index contributed by atoms with van der Waals surface area (Å²) in [6.45, 7) is 1.77. The van der Waals surface area contributed by atoms with Crippen LogP contribution < -0.4 is 30.7 Å². The maximum atomic E-state index is 12.6. The van der Waals surface area contributed by atoms with E-state index in [2.05, 4.69) is 20.4 Å². The van der Waals surface area contributed by atoms with Gasteiger partial charge in [-0.25, -0.2) is 9.78 Å². The van der Waals surface area contributed by atoms with Crippen molar-refractivity contribution in [1.29, 1.82) is 0 Å². The summed E-state index contributed by atoms with van der Waals surface area (Å²) in [7, 11) is 2.94. The number of aromatic carboxylic acids is 1. The number of carboxylic acid groups (broad SMARTS) is 1. The van der Waals surface area contributed by atoms with Crippen molar-refractivity contribution in [1.82, 2.24) is 4.98 Å². The molecule has 2 unspecified atom stereocenters. The van der Waals surface area contributed by atoms with Crippen LogP contribution in [-0.4, -0.2) is 61.0 Å². The van der Waals surface area contributed by atoms with E-state index in [0.717, 1.165) is 17.4 Å². The number of likely N-dealkylation sites (N-methyl/N-ethyl adjacent to an activating group) is 1. The maximum Gasteiger partial charge on any atom is 0.573 e. The van der Waals surface area contributed by atoms with Crippen LogP contribution in [0, 0.1) is 0 Å². The lowest BCUT2D eigenvalue weighted by atomic mass is 10.1. The number of ether oxygens (including phenoxy) is 3. The average Bonchev–Trinajstić information content (AvgIpc) is 3.32. The second-order valence-electron chi connectivity index (χ2n) is 7.88. The number of primary amides is 1. The van der Waals surface area contributed by atoms with E-state index in [1.54, 1.807) is 18.9 Å². The van der Waals surface area contributed by atoms with Gasteiger partial charge in [-0.05, 0) is 25.1 Å². The molecule has 2 atom stereocenters. The van der Waals surface area contributed by atoms with Crippen molar-refractivity contribution in [2.75, 3.05) is 36.3 Å². The van der Waals surface area contributed by atoms with Gasteiger partial charge in [-0.15, -0.1) is 13.2 Å². The lowest BCUT2D eigenvalue weighted by Gasteiger charge is -2.42. The minimum atomic E-state index is -4.85. The molecule has 5 N–H and O–H groups in total. The first-order chi connectivity index (χ1) is 17.4. The molecule has 0 radical (unpaired) electrons. The van der Waals surface area contributed by atoms with Crippen LogP contribution in [0.3, 0.4) is 0 Å². The zero-order valence-corrected chi connectivity index (χ0v) is 20.5. The Kier molecular flexibility index (Phi) is 6.68. The maximum absolute atomic E-state index is 12.6. The van der Waals surface area contributed by atoms with Gasteiger partial charge in [-0.3, -0.25) is 4.79 Å².